The van der Waals surface area contributed by atoms with Gasteiger partial charge in [0.05, 0.1) is 14.9 Å². The summed E-state index contributed by atoms with van der Waals surface area (Å²) in [7, 11) is 0. The number of nitrogens with zero attached hydrogens (tertiary/aromatic N) is 1. The van der Waals surface area contributed by atoms with Crippen molar-refractivity contribution in [2.24, 2.45) is 5.92 Å². The molecule has 0 aromatic heterocycles. The number of rotatable bonds is 1. The molecule has 0 saturated carbocycles. The van der Waals surface area contributed by atoms with Gasteiger partial charge in [0, 0.05) is 18.7 Å². The van der Waals surface area contributed by atoms with Gasteiger partial charge in [-0.2, -0.15) is 0 Å². The average molecular weight is 348 g/mol. The highest BCUT2D eigenvalue weighted by Crippen LogP contribution is 2.33. The molecule has 1 aromatic rings. The minimum Gasteiger partial charge on any atom is -0.397 e. The third-order valence-electron chi connectivity index (χ3n) is 3.75. The van der Waals surface area contributed by atoms with E-state index in [0.717, 1.165) is 18.7 Å². The van der Waals surface area contributed by atoms with Crippen molar-refractivity contribution in [2.45, 2.75) is 32.7 Å². The molecule has 1 saturated heterocycles. The Hall–Kier alpha value is -0.520. The van der Waals surface area contributed by atoms with Crippen LogP contribution in [0.25, 0.3) is 0 Å². The van der Waals surface area contributed by atoms with Gasteiger partial charge < -0.3 is 10.6 Å². The van der Waals surface area contributed by atoms with Gasteiger partial charge in [-0.25, -0.2) is 4.39 Å². The van der Waals surface area contributed by atoms with E-state index in [0.29, 0.717) is 21.2 Å². The lowest BCUT2D eigenvalue weighted by Crippen LogP contribution is -2.42. The fourth-order valence-electron chi connectivity index (χ4n) is 2.48. The Morgan fingerprint density at radius 3 is 2.82 bits per heavy atom. The zero-order valence-electron chi connectivity index (χ0n) is 10.2. The summed E-state index contributed by atoms with van der Waals surface area (Å²) in [6.07, 6.45) is 2.39. The van der Waals surface area contributed by atoms with E-state index in [9.17, 15) is 4.39 Å². The van der Waals surface area contributed by atoms with E-state index in [4.69, 9.17) is 5.73 Å². The van der Waals surface area contributed by atoms with Crippen LogP contribution < -0.4 is 10.6 Å². The van der Waals surface area contributed by atoms with E-state index < -0.39 is 0 Å². The van der Waals surface area contributed by atoms with Gasteiger partial charge in [-0.05, 0) is 54.3 Å². The monoisotopic (exact) mass is 348 g/mol. The molecule has 0 radical (unpaired) electrons. The Morgan fingerprint density at radius 1 is 1.41 bits per heavy atom. The highest BCUT2D eigenvalue weighted by Gasteiger charge is 2.26. The van der Waals surface area contributed by atoms with Crippen LogP contribution in [0.4, 0.5) is 15.8 Å². The summed E-state index contributed by atoms with van der Waals surface area (Å²) in [5, 5.41) is 0. The number of hydrogen-bond donors (Lipinski definition) is 1. The molecule has 1 heterocycles. The molecule has 17 heavy (non-hydrogen) atoms. The molecular formula is C13H18FIN2. The number of piperidine rings is 1. The van der Waals surface area contributed by atoms with Gasteiger partial charge >= 0.3 is 0 Å². The molecule has 2 rings (SSSR count). The maximum absolute atomic E-state index is 13.6. The van der Waals surface area contributed by atoms with E-state index in [1.165, 1.54) is 6.42 Å². The van der Waals surface area contributed by atoms with Crippen molar-refractivity contribution in [2.75, 3.05) is 17.2 Å². The Balaban J connectivity index is 2.36. The third-order valence-corrected chi connectivity index (χ3v) is 4.58. The number of anilines is 2. The molecule has 0 bridgehead atoms. The normalized spacial score (nSPS) is 25.1. The first-order valence-corrected chi connectivity index (χ1v) is 7.09. The molecule has 1 aliphatic heterocycles. The van der Waals surface area contributed by atoms with Gasteiger partial charge in [-0.15, -0.1) is 0 Å². The summed E-state index contributed by atoms with van der Waals surface area (Å²) in [5.74, 6) is 0.450. The number of benzene rings is 1. The zero-order chi connectivity index (χ0) is 12.6. The van der Waals surface area contributed by atoms with Crippen molar-refractivity contribution in [3.8, 4) is 0 Å². The maximum atomic E-state index is 13.6. The number of halogens is 2. The van der Waals surface area contributed by atoms with E-state index in [-0.39, 0.29) is 5.82 Å². The largest absolute Gasteiger partial charge is 0.397 e. The van der Waals surface area contributed by atoms with Gasteiger partial charge in [-0.3, -0.25) is 0 Å². The van der Waals surface area contributed by atoms with Crippen LogP contribution in [0.1, 0.15) is 26.7 Å². The maximum Gasteiger partial charge on any atom is 0.138 e. The zero-order valence-corrected chi connectivity index (χ0v) is 12.4. The molecule has 94 valence electrons. The Bertz CT molecular complexity index is 422. The molecule has 0 aliphatic carbocycles. The second-order valence-electron chi connectivity index (χ2n) is 4.88. The minimum atomic E-state index is -0.180. The highest BCUT2D eigenvalue weighted by molar-refractivity contribution is 14.1. The third kappa shape index (κ3) is 2.51. The first-order chi connectivity index (χ1) is 8.00. The summed E-state index contributed by atoms with van der Waals surface area (Å²) in [6, 6.07) is 3.72. The summed E-state index contributed by atoms with van der Waals surface area (Å²) in [4.78, 5) is 2.24. The molecule has 1 aliphatic rings. The van der Waals surface area contributed by atoms with Crippen molar-refractivity contribution < 1.29 is 4.39 Å². The number of hydrogen-bond acceptors (Lipinski definition) is 2. The first kappa shape index (κ1) is 12.9. The minimum absolute atomic E-state index is 0.180. The fourth-order valence-corrected chi connectivity index (χ4v) is 2.97. The van der Waals surface area contributed by atoms with E-state index >= 15 is 0 Å². The van der Waals surface area contributed by atoms with E-state index in [2.05, 4.69) is 18.7 Å². The molecule has 2 nitrogen and oxygen atoms in total. The molecule has 2 N–H and O–H groups in total. The molecule has 2 atom stereocenters. The second-order valence-corrected chi connectivity index (χ2v) is 6.04. The average Bonchev–Trinajstić information content (AvgIpc) is 2.28. The smallest absolute Gasteiger partial charge is 0.138 e. The Labute approximate surface area is 116 Å². The van der Waals surface area contributed by atoms with Crippen LogP contribution in [0.3, 0.4) is 0 Å². The standard InChI is InChI=1S/C13H18FIN2/c1-8-4-3-5-17(9(8)2)13-6-10(14)11(15)7-12(13)16/h6-9H,3-5,16H2,1-2H3. The SMILES string of the molecule is CC1CCCN(c2cc(F)c(I)cc2N)C1C. The van der Waals surface area contributed by atoms with Crippen molar-refractivity contribution in [3.63, 3.8) is 0 Å². The molecule has 0 spiro atoms. The van der Waals surface area contributed by atoms with Crippen LogP contribution in [0.2, 0.25) is 0 Å². The topological polar surface area (TPSA) is 29.3 Å². The fraction of sp³-hybridized carbons (Fsp3) is 0.538. The predicted octanol–water partition coefficient (Wildman–Crippen LogP) is 3.64. The van der Waals surface area contributed by atoms with Crippen molar-refractivity contribution >= 4 is 34.0 Å². The summed E-state index contributed by atoms with van der Waals surface area (Å²) in [6.45, 7) is 5.41. The molecule has 2 unspecified atom stereocenters. The summed E-state index contributed by atoms with van der Waals surface area (Å²) in [5.41, 5.74) is 7.54. The molecular weight excluding hydrogens is 330 g/mol. The first-order valence-electron chi connectivity index (χ1n) is 6.02. The molecule has 4 heteroatoms. The Kier molecular flexibility index (Phi) is 3.80. The van der Waals surface area contributed by atoms with Gasteiger partial charge in [0.25, 0.3) is 0 Å². The number of nitrogens with two attached hydrogens (primary N) is 1. The second kappa shape index (κ2) is 5.00. The van der Waals surface area contributed by atoms with Crippen LogP contribution in [0.5, 0.6) is 0 Å². The lowest BCUT2D eigenvalue weighted by Gasteiger charge is -2.40. The van der Waals surface area contributed by atoms with Crippen molar-refractivity contribution in [1.82, 2.24) is 0 Å². The summed E-state index contributed by atoms with van der Waals surface area (Å²) < 4.78 is 14.2. The Morgan fingerprint density at radius 2 is 2.12 bits per heavy atom. The van der Waals surface area contributed by atoms with Gasteiger partial charge in [0.15, 0.2) is 0 Å². The summed E-state index contributed by atoms with van der Waals surface area (Å²) >= 11 is 1.97. The van der Waals surface area contributed by atoms with Gasteiger partial charge in [0.2, 0.25) is 0 Å². The molecule has 0 amide bonds. The van der Waals surface area contributed by atoms with Crippen molar-refractivity contribution in [3.05, 3.63) is 21.5 Å². The number of nitrogen functional groups attached to an aromatic ring is 1. The van der Waals surface area contributed by atoms with Crippen LogP contribution in [0.15, 0.2) is 12.1 Å². The van der Waals surface area contributed by atoms with Crippen LogP contribution in [0, 0.1) is 15.3 Å². The lowest BCUT2D eigenvalue weighted by molar-refractivity contribution is 0.363. The van der Waals surface area contributed by atoms with Gasteiger partial charge in [0.1, 0.15) is 5.82 Å². The van der Waals surface area contributed by atoms with Crippen molar-refractivity contribution in [1.29, 1.82) is 0 Å². The van der Waals surface area contributed by atoms with Crippen LogP contribution in [-0.4, -0.2) is 12.6 Å². The predicted molar refractivity (Wildman–Crippen MR) is 78.7 cm³/mol. The van der Waals surface area contributed by atoms with E-state index in [1.54, 1.807) is 12.1 Å². The molecule has 1 fully saturated rings. The van der Waals surface area contributed by atoms with E-state index in [1.807, 2.05) is 22.6 Å². The molecule has 1 aromatic carbocycles. The lowest BCUT2D eigenvalue weighted by atomic mass is 9.91. The quantitative estimate of drug-likeness (QED) is 0.620. The van der Waals surface area contributed by atoms with Crippen LogP contribution in [-0.2, 0) is 0 Å². The van der Waals surface area contributed by atoms with Crippen LogP contribution >= 0.6 is 22.6 Å². The highest BCUT2D eigenvalue weighted by atomic mass is 127. The van der Waals surface area contributed by atoms with Gasteiger partial charge in [-0.1, -0.05) is 6.92 Å².